The van der Waals surface area contributed by atoms with E-state index in [2.05, 4.69) is 10.2 Å². The molecule has 6 heteroatoms. The predicted octanol–water partition coefficient (Wildman–Crippen LogP) is 0.585. The van der Waals surface area contributed by atoms with Gasteiger partial charge in [0.25, 0.3) is 5.91 Å². The number of benzene rings is 1. The Morgan fingerprint density at radius 2 is 2.05 bits per heavy atom. The molecular formula is C14H23N3O3. The van der Waals surface area contributed by atoms with Crippen molar-refractivity contribution in [3.63, 3.8) is 0 Å². The molecule has 0 radical (unpaired) electrons. The van der Waals surface area contributed by atoms with Gasteiger partial charge in [-0.3, -0.25) is 4.79 Å². The first-order valence-electron chi connectivity index (χ1n) is 6.47. The number of hydrogen-bond donors (Lipinski definition) is 2. The van der Waals surface area contributed by atoms with Crippen LogP contribution in [0.5, 0.6) is 5.75 Å². The molecule has 0 unspecified atom stereocenters. The number of rotatable bonds is 8. The lowest BCUT2D eigenvalue weighted by Gasteiger charge is -2.16. The molecule has 3 N–H and O–H groups in total. The van der Waals surface area contributed by atoms with E-state index in [1.54, 1.807) is 32.4 Å². The Balaban J connectivity index is 2.45. The van der Waals surface area contributed by atoms with Crippen molar-refractivity contribution in [1.29, 1.82) is 0 Å². The second-order valence-electron chi connectivity index (χ2n) is 4.55. The number of methoxy groups -OCH3 is 2. The number of carbonyl (C=O) groups excluding carboxylic acids is 1. The van der Waals surface area contributed by atoms with Crippen LogP contribution < -0.4 is 15.8 Å². The number of carbonyl (C=O) groups is 1. The molecule has 112 valence electrons. The average molecular weight is 281 g/mol. The molecule has 0 aromatic heterocycles. The monoisotopic (exact) mass is 281 g/mol. The molecular weight excluding hydrogens is 258 g/mol. The first-order chi connectivity index (χ1) is 9.56. The Hall–Kier alpha value is -1.79. The van der Waals surface area contributed by atoms with Crippen LogP contribution in [0.4, 0.5) is 5.69 Å². The van der Waals surface area contributed by atoms with Crippen LogP contribution in [0.2, 0.25) is 0 Å². The molecule has 0 fully saturated rings. The fourth-order valence-corrected chi connectivity index (χ4v) is 1.69. The first-order valence-corrected chi connectivity index (χ1v) is 6.47. The lowest BCUT2D eigenvalue weighted by atomic mass is 10.1. The highest BCUT2D eigenvalue weighted by Gasteiger charge is 2.08. The van der Waals surface area contributed by atoms with E-state index in [4.69, 9.17) is 15.2 Å². The minimum Gasteiger partial charge on any atom is -0.497 e. The summed E-state index contributed by atoms with van der Waals surface area (Å²) in [5, 5.41) is 2.85. The molecule has 1 amide bonds. The summed E-state index contributed by atoms with van der Waals surface area (Å²) in [6.07, 6.45) is 0. The molecule has 20 heavy (non-hydrogen) atoms. The van der Waals surface area contributed by atoms with Gasteiger partial charge in [-0.05, 0) is 19.2 Å². The summed E-state index contributed by atoms with van der Waals surface area (Å²) in [6, 6.07) is 4.97. The van der Waals surface area contributed by atoms with Crippen molar-refractivity contribution in [1.82, 2.24) is 10.2 Å². The predicted molar refractivity (Wildman–Crippen MR) is 79.1 cm³/mol. The molecule has 0 aliphatic carbocycles. The van der Waals surface area contributed by atoms with Crippen LogP contribution in [-0.2, 0) is 4.74 Å². The van der Waals surface area contributed by atoms with Gasteiger partial charge in [0.05, 0.1) is 13.7 Å². The van der Waals surface area contributed by atoms with E-state index in [0.717, 1.165) is 13.1 Å². The number of amides is 1. The van der Waals surface area contributed by atoms with E-state index >= 15 is 0 Å². The molecule has 0 aliphatic rings. The van der Waals surface area contributed by atoms with E-state index in [0.29, 0.717) is 30.2 Å². The number of hydrogen-bond acceptors (Lipinski definition) is 5. The zero-order valence-corrected chi connectivity index (χ0v) is 12.3. The minimum absolute atomic E-state index is 0.157. The number of likely N-dealkylation sites (N-methyl/N-ethyl adjacent to an activating group) is 1. The molecule has 0 atom stereocenters. The summed E-state index contributed by atoms with van der Waals surface area (Å²) in [5.41, 5.74) is 6.73. The summed E-state index contributed by atoms with van der Waals surface area (Å²) < 4.78 is 10.1. The van der Waals surface area contributed by atoms with Gasteiger partial charge in [-0.15, -0.1) is 0 Å². The number of nitrogens with zero attached hydrogens (tertiary/aromatic N) is 1. The largest absolute Gasteiger partial charge is 0.497 e. The number of nitrogen functional groups attached to an aromatic ring is 1. The second-order valence-corrected chi connectivity index (χ2v) is 4.55. The van der Waals surface area contributed by atoms with Gasteiger partial charge in [0.2, 0.25) is 0 Å². The van der Waals surface area contributed by atoms with E-state index in [9.17, 15) is 4.79 Å². The fraction of sp³-hybridized carbons (Fsp3) is 0.500. The van der Waals surface area contributed by atoms with E-state index < -0.39 is 0 Å². The van der Waals surface area contributed by atoms with E-state index in [1.165, 1.54) is 0 Å². The van der Waals surface area contributed by atoms with Crippen LogP contribution in [0, 0.1) is 0 Å². The van der Waals surface area contributed by atoms with Gasteiger partial charge in [-0.1, -0.05) is 0 Å². The van der Waals surface area contributed by atoms with Crippen LogP contribution in [0.25, 0.3) is 0 Å². The SMILES string of the molecule is COCCN(C)CCNC(=O)c1cc(N)cc(OC)c1. The van der Waals surface area contributed by atoms with Crippen molar-refractivity contribution in [3.8, 4) is 5.75 Å². The molecule has 0 aliphatic heterocycles. The Morgan fingerprint density at radius 3 is 2.70 bits per heavy atom. The van der Waals surface area contributed by atoms with E-state index in [1.807, 2.05) is 7.05 Å². The second kappa shape index (κ2) is 8.39. The molecule has 0 heterocycles. The van der Waals surface area contributed by atoms with Crippen molar-refractivity contribution in [2.24, 2.45) is 0 Å². The lowest BCUT2D eigenvalue weighted by molar-refractivity contribution is 0.0947. The highest BCUT2D eigenvalue weighted by atomic mass is 16.5. The van der Waals surface area contributed by atoms with Crippen LogP contribution in [0.15, 0.2) is 18.2 Å². The van der Waals surface area contributed by atoms with Gasteiger partial charge in [0, 0.05) is 44.1 Å². The molecule has 0 saturated carbocycles. The van der Waals surface area contributed by atoms with Crippen LogP contribution in [-0.4, -0.2) is 58.3 Å². The molecule has 1 aromatic carbocycles. The third-order valence-electron chi connectivity index (χ3n) is 2.88. The maximum atomic E-state index is 12.0. The van der Waals surface area contributed by atoms with Gasteiger partial charge < -0.3 is 25.4 Å². The summed E-state index contributed by atoms with van der Waals surface area (Å²) >= 11 is 0. The third-order valence-corrected chi connectivity index (χ3v) is 2.88. The average Bonchev–Trinajstić information content (AvgIpc) is 2.44. The Bertz CT molecular complexity index is 438. The topological polar surface area (TPSA) is 76.8 Å². The summed E-state index contributed by atoms with van der Waals surface area (Å²) in [5.74, 6) is 0.420. The standard InChI is InChI=1S/C14H23N3O3/c1-17(6-7-19-2)5-4-16-14(18)11-8-12(15)10-13(9-11)20-3/h8-10H,4-7,15H2,1-3H3,(H,16,18). The van der Waals surface area contributed by atoms with E-state index in [-0.39, 0.29) is 5.91 Å². The Kier molecular flexibility index (Phi) is 6.83. The Morgan fingerprint density at radius 1 is 1.30 bits per heavy atom. The Labute approximate surface area is 119 Å². The van der Waals surface area contributed by atoms with Crippen LogP contribution in [0.1, 0.15) is 10.4 Å². The smallest absolute Gasteiger partial charge is 0.251 e. The molecule has 6 nitrogen and oxygen atoms in total. The van der Waals surface area contributed by atoms with Crippen molar-refractivity contribution in [2.75, 3.05) is 53.2 Å². The number of ether oxygens (including phenoxy) is 2. The molecule has 0 bridgehead atoms. The maximum absolute atomic E-state index is 12.0. The fourth-order valence-electron chi connectivity index (χ4n) is 1.69. The van der Waals surface area contributed by atoms with Crippen molar-refractivity contribution in [2.45, 2.75) is 0 Å². The quantitative estimate of drug-likeness (QED) is 0.682. The van der Waals surface area contributed by atoms with Crippen LogP contribution in [0.3, 0.4) is 0 Å². The third kappa shape index (κ3) is 5.46. The van der Waals surface area contributed by atoms with Crippen molar-refractivity contribution >= 4 is 11.6 Å². The highest BCUT2D eigenvalue weighted by Crippen LogP contribution is 2.18. The summed E-state index contributed by atoms with van der Waals surface area (Å²) in [4.78, 5) is 14.1. The number of anilines is 1. The number of nitrogens with one attached hydrogen (secondary N) is 1. The van der Waals surface area contributed by atoms with Gasteiger partial charge in [0.1, 0.15) is 5.75 Å². The van der Waals surface area contributed by atoms with Crippen molar-refractivity contribution in [3.05, 3.63) is 23.8 Å². The first kappa shape index (κ1) is 16.3. The zero-order chi connectivity index (χ0) is 15.0. The summed E-state index contributed by atoms with van der Waals surface area (Å²) in [7, 11) is 5.19. The maximum Gasteiger partial charge on any atom is 0.251 e. The van der Waals surface area contributed by atoms with Gasteiger partial charge in [-0.25, -0.2) is 0 Å². The van der Waals surface area contributed by atoms with Gasteiger partial charge >= 0.3 is 0 Å². The zero-order valence-electron chi connectivity index (χ0n) is 12.3. The number of nitrogens with two attached hydrogens (primary N) is 1. The molecule has 0 spiro atoms. The highest BCUT2D eigenvalue weighted by molar-refractivity contribution is 5.95. The van der Waals surface area contributed by atoms with Gasteiger partial charge in [-0.2, -0.15) is 0 Å². The molecule has 0 saturated heterocycles. The van der Waals surface area contributed by atoms with Gasteiger partial charge in [0.15, 0.2) is 0 Å². The molecule has 1 rings (SSSR count). The summed E-state index contributed by atoms with van der Waals surface area (Å²) in [6.45, 7) is 2.83. The normalized spacial score (nSPS) is 10.6. The lowest BCUT2D eigenvalue weighted by Crippen LogP contribution is -2.34. The van der Waals surface area contributed by atoms with Crippen LogP contribution >= 0.6 is 0 Å². The minimum atomic E-state index is -0.157. The van der Waals surface area contributed by atoms with Crippen molar-refractivity contribution < 1.29 is 14.3 Å². The molecule has 1 aromatic rings.